The van der Waals surface area contributed by atoms with Crippen molar-refractivity contribution in [2.45, 2.75) is 104 Å². The van der Waals surface area contributed by atoms with Crippen LogP contribution in [0.25, 0.3) is 0 Å². The lowest BCUT2D eigenvalue weighted by Gasteiger charge is -2.61. The second-order valence-electron chi connectivity index (χ2n) is 13.6. The zero-order chi connectivity index (χ0) is 26.4. The second-order valence-corrected chi connectivity index (χ2v) is 13.6. The van der Waals surface area contributed by atoms with Gasteiger partial charge in [-0.05, 0) is 116 Å². The summed E-state index contributed by atoms with van der Waals surface area (Å²) in [5.74, 6) is 2.74. The number of hydrogen-bond donors (Lipinski definition) is 2. The van der Waals surface area contributed by atoms with Crippen LogP contribution in [0.4, 0.5) is 0 Å². The molecule has 1 aromatic rings. The summed E-state index contributed by atoms with van der Waals surface area (Å²) in [5.41, 5.74) is 7.91. The van der Waals surface area contributed by atoms with Crippen LogP contribution in [0.3, 0.4) is 0 Å². The van der Waals surface area contributed by atoms with Gasteiger partial charge in [0.1, 0.15) is 12.1 Å². The average molecular weight is 510 g/mol. The minimum atomic E-state index is -0.653. The summed E-state index contributed by atoms with van der Waals surface area (Å²) in [6.45, 7) is 7.20. The van der Waals surface area contributed by atoms with E-state index in [1.54, 1.807) is 0 Å². The molecule has 0 aromatic heterocycles. The number of rotatable bonds is 7. The van der Waals surface area contributed by atoms with E-state index in [-0.39, 0.29) is 18.0 Å². The highest BCUT2D eigenvalue weighted by molar-refractivity contribution is 5.76. The highest BCUT2D eigenvalue weighted by Gasteiger charge is 2.60. The van der Waals surface area contributed by atoms with Crippen LogP contribution in [0, 0.1) is 46.3 Å². The molecular formula is C32H47NO4. The maximum Gasteiger partial charge on any atom is 0.323 e. The molecule has 0 aliphatic heterocycles. The van der Waals surface area contributed by atoms with Gasteiger partial charge in [-0.1, -0.05) is 51.1 Å². The summed E-state index contributed by atoms with van der Waals surface area (Å²) in [4.78, 5) is 24.2. The van der Waals surface area contributed by atoms with E-state index in [0.29, 0.717) is 35.5 Å². The van der Waals surface area contributed by atoms with E-state index in [2.05, 4.69) is 20.8 Å². The maximum absolute atomic E-state index is 12.8. The average Bonchev–Trinajstić information content (AvgIpc) is 3.22. The molecule has 10 atom stereocenters. The molecular weight excluding hydrogens is 462 g/mol. The Kier molecular flexibility index (Phi) is 7.48. The van der Waals surface area contributed by atoms with Crippen molar-refractivity contribution >= 4 is 11.9 Å². The SMILES string of the molecule is C[C@H](CC(=O)O)C1CCC2C3CCC4C[C@H](OC(=O)[C@@H](N)Cc5ccccc5)CC[C@]4(C)C3CC[C@@]21C. The first kappa shape index (κ1) is 26.7. The molecule has 3 N–H and O–H groups in total. The zero-order valence-electron chi connectivity index (χ0n) is 23.0. The Morgan fingerprint density at radius 2 is 1.70 bits per heavy atom. The van der Waals surface area contributed by atoms with Gasteiger partial charge < -0.3 is 15.6 Å². The van der Waals surface area contributed by atoms with Crippen LogP contribution in [0.2, 0.25) is 0 Å². The maximum atomic E-state index is 12.8. The van der Waals surface area contributed by atoms with E-state index >= 15 is 0 Å². The van der Waals surface area contributed by atoms with Gasteiger partial charge in [0.25, 0.3) is 0 Å². The number of carboxylic acids is 1. The van der Waals surface area contributed by atoms with E-state index in [9.17, 15) is 14.7 Å². The van der Waals surface area contributed by atoms with Crippen LogP contribution in [-0.4, -0.2) is 29.2 Å². The molecule has 5 nitrogen and oxygen atoms in total. The number of nitrogens with two attached hydrogens (primary N) is 1. The Hall–Kier alpha value is -1.88. The molecule has 4 aliphatic carbocycles. The van der Waals surface area contributed by atoms with E-state index in [1.165, 1.54) is 38.5 Å². The standard InChI is InChI=1S/C32H47NO4/c1-20(17-29(34)35)25-11-12-26-24-10-9-22-19-23(13-15-31(22,2)27(24)14-16-32(25,26)3)37-30(36)28(33)18-21-7-5-4-6-8-21/h4-8,20,22-28H,9-19,33H2,1-3H3,(H,34,35)/t20-,22?,23-,24?,25?,26?,27?,28+,31+,32-/m1/s1. The van der Waals surface area contributed by atoms with E-state index < -0.39 is 12.0 Å². The van der Waals surface area contributed by atoms with Gasteiger partial charge in [0, 0.05) is 6.42 Å². The third kappa shape index (κ3) is 4.97. The first-order valence-corrected chi connectivity index (χ1v) is 14.8. The summed E-state index contributed by atoms with van der Waals surface area (Å²) in [6, 6.07) is 9.32. The predicted octanol–water partition coefficient (Wildman–Crippen LogP) is 6.24. The Morgan fingerprint density at radius 3 is 2.43 bits per heavy atom. The van der Waals surface area contributed by atoms with Gasteiger partial charge in [-0.3, -0.25) is 9.59 Å². The van der Waals surface area contributed by atoms with Gasteiger partial charge in [-0.2, -0.15) is 0 Å². The first-order chi connectivity index (χ1) is 17.6. The molecule has 4 aliphatic rings. The minimum Gasteiger partial charge on any atom is -0.481 e. The molecule has 5 unspecified atom stereocenters. The Labute approximate surface area is 222 Å². The Balaban J connectivity index is 1.21. The second kappa shape index (κ2) is 10.4. The molecule has 0 saturated heterocycles. The van der Waals surface area contributed by atoms with E-state index in [0.717, 1.165) is 42.6 Å². The summed E-state index contributed by atoms with van der Waals surface area (Å²) in [7, 11) is 0. The fourth-order valence-electron chi connectivity index (χ4n) is 9.92. The van der Waals surface area contributed by atoms with Crippen LogP contribution in [0.15, 0.2) is 30.3 Å². The molecule has 0 amide bonds. The highest BCUT2D eigenvalue weighted by atomic mass is 16.5. The number of benzene rings is 1. The van der Waals surface area contributed by atoms with Gasteiger partial charge in [-0.25, -0.2) is 0 Å². The number of carbonyl (C=O) groups is 2. The quantitative estimate of drug-likeness (QED) is 0.425. The number of hydrogen-bond acceptors (Lipinski definition) is 4. The predicted molar refractivity (Wildman–Crippen MR) is 145 cm³/mol. The van der Waals surface area contributed by atoms with Gasteiger partial charge in [0.2, 0.25) is 0 Å². The largest absolute Gasteiger partial charge is 0.481 e. The molecule has 0 bridgehead atoms. The molecule has 4 saturated carbocycles. The van der Waals surface area contributed by atoms with Crippen molar-refractivity contribution in [1.29, 1.82) is 0 Å². The van der Waals surface area contributed by atoms with E-state index in [4.69, 9.17) is 10.5 Å². The molecule has 5 rings (SSSR count). The highest BCUT2D eigenvalue weighted by Crippen LogP contribution is 2.68. The van der Waals surface area contributed by atoms with Gasteiger partial charge in [-0.15, -0.1) is 0 Å². The number of ether oxygens (including phenoxy) is 1. The monoisotopic (exact) mass is 509 g/mol. The third-order valence-corrected chi connectivity index (χ3v) is 11.8. The fraction of sp³-hybridized carbons (Fsp3) is 0.750. The number of fused-ring (bicyclic) bond motifs is 5. The van der Waals surface area contributed by atoms with Gasteiger partial charge in [0.05, 0.1) is 0 Å². The van der Waals surface area contributed by atoms with Crippen LogP contribution in [0.5, 0.6) is 0 Å². The van der Waals surface area contributed by atoms with Crippen molar-refractivity contribution in [3.05, 3.63) is 35.9 Å². The van der Waals surface area contributed by atoms with Crippen molar-refractivity contribution in [2.75, 3.05) is 0 Å². The molecule has 4 fully saturated rings. The normalized spacial score (nSPS) is 40.5. The number of carbonyl (C=O) groups excluding carboxylic acids is 1. The number of carboxylic acid groups (broad SMARTS) is 1. The van der Waals surface area contributed by atoms with E-state index in [1.807, 2.05) is 30.3 Å². The van der Waals surface area contributed by atoms with Crippen LogP contribution in [-0.2, 0) is 20.7 Å². The number of esters is 1. The van der Waals surface area contributed by atoms with Crippen LogP contribution in [0.1, 0.15) is 90.5 Å². The molecule has 204 valence electrons. The molecule has 0 spiro atoms. The first-order valence-electron chi connectivity index (χ1n) is 14.8. The van der Waals surface area contributed by atoms with Crippen molar-refractivity contribution in [2.24, 2.45) is 52.1 Å². The molecule has 0 heterocycles. The Bertz CT molecular complexity index is 980. The van der Waals surface area contributed by atoms with Crippen LogP contribution >= 0.6 is 0 Å². The topological polar surface area (TPSA) is 89.6 Å². The van der Waals surface area contributed by atoms with Crippen LogP contribution < -0.4 is 5.73 Å². The molecule has 37 heavy (non-hydrogen) atoms. The molecule has 0 radical (unpaired) electrons. The van der Waals surface area contributed by atoms with Crippen molar-refractivity contribution < 1.29 is 19.4 Å². The lowest BCUT2D eigenvalue weighted by atomic mass is 9.44. The smallest absolute Gasteiger partial charge is 0.323 e. The summed E-state index contributed by atoms with van der Waals surface area (Å²) in [6.07, 6.45) is 11.3. The summed E-state index contributed by atoms with van der Waals surface area (Å²) < 4.78 is 6.00. The van der Waals surface area contributed by atoms with Gasteiger partial charge in [0.15, 0.2) is 0 Å². The number of aliphatic carboxylic acids is 1. The van der Waals surface area contributed by atoms with Crippen molar-refractivity contribution in [1.82, 2.24) is 0 Å². The molecule has 5 heteroatoms. The Morgan fingerprint density at radius 1 is 1.00 bits per heavy atom. The molecule has 1 aromatic carbocycles. The fourth-order valence-corrected chi connectivity index (χ4v) is 9.92. The van der Waals surface area contributed by atoms with Crippen molar-refractivity contribution in [3.8, 4) is 0 Å². The lowest BCUT2D eigenvalue weighted by molar-refractivity contribution is -0.164. The van der Waals surface area contributed by atoms with Crippen molar-refractivity contribution in [3.63, 3.8) is 0 Å². The zero-order valence-corrected chi connectivity index (χ0v) is 23.0. The van der Waals surface area contributed by atoms with Gasteiger partial charge >= 0.3 is 11.9 Å². The minimum absolute atomic E-state index is 0.00876. The summed E-state index contributed by atoms with van der Waals surface area (Å²) >= 11 is 0. The summed E-state index contributed by atoms with van der Waals surface area (Å²) in [5, 5.41) is 9.41. The lowest BCUT2D eigenvalue weighted by Crippen LogP contribution is -2.54. The third-order valence-electron chi connectivity index (χ3n) is 11.8.